The van der Waals surface area contributed by atoms with Crippen molar-refractivity contribution in [1.29, 1.82) is 0 Å². The van der Waals surface area contributed by atoms with Crippen LogP contribution in [0.4, 0.5) is 17.1 Å². The van der Waals surface area contributed by atoms with Gasteiger partial charge >= 0.3 is 0 Å². The van der Waals surface area contributed by atoms with E-state index in [9.17, 15) is 0 Å². The van der Waals surface area contributed by atoms with Crippen LogP contribution in [-0.4, -0.2) is 0 Å². The Labute approximate surface area is 368 Å². The Hall–Kier alpha value is -8.60. The van der Waals surface area contributed by atoms with E-state index >= 15 is 0 Å². The fourth-order valence-corrected chi connectivity index (χ4v) is 9.69. The average molecular weight is 820 g/mol. The minimum absolute atomic E-state index is 0.806. The zero-order valence-electron chi connectivity index (χ0n) is 34.5. The van der Waals surface area contributed by atoms with Gasteiger partial charge in [0.1, 0.15) is 33.5 Å². The van der Waals surface area contributed by atoms with Gasteiger partial charge in [-0.3, -0.25) is 0 Å². The van der Waals surface area contributed by atoms with Crippen LogP contribution >= 0.6 is 0 Å². The first kappa shape index (κ1) is 36.1. The molecular formula is C60H37NO3. The molecule has 0 radical (unpaired) electrons. The van der Waals surface area contributed by atoms with E-state index in [1.165, 1.54) is 22.3 Å². The second-order valence-corrected chi connectivity index (χ2v) is 16.4. The topological polar surface area (TPSA) is 42.7 Å². The van der Waals surface area contributed by atoms with Crippen LogP contribution in [0.15, 0.2) is 238 Å². The molecule has 4 nitrogen and oxygen atoms in total. The van der Waals surface area contributed by atoms with Gasteiger partial charge in [-0.05, 0) is 100 Å². The maximum absolute atomic E-state index is 7.03. The zero-order chi connectivity index (χ0) is 42.1. The van der Waals surface area contributed by atoms with Crippen molar-refractivity contribution in [2.45, 2.75) is 0 Å². The monoisotopic (exact) mass is 819 g/mol. The molecule has 13 aromatic rings. The molecule has 0 spiro atoms. The Balaban J connectivity index is 0.984. The molecule has 0 atom stereocenters. The van der Waals surface area contributed by atoms with Gasteiger partial charge in [-0.2, -0.15) is 0 Å². The lowest BCUT2D eigenvalue weighted by Crippen LogP contribution is -2.09. The van der Waals surface area contributed by atoms with E-state index in [1.54, 1.807) is 0 Å². The molecule has 0 aliphatic heterocycles. The van der Waals surface area contributed by atoms with Gasteiger partial charge < -0.3 is 18.2 Å². The quantitative estimate of drug-likeness (QED) is 0.161. The lowest BCUT2D eigenvalue weighted by atomic mass is 9.92. The van der Waals surface area contributed by atoms with Crippen molar-refractivity contribution in [3.8, 4) is 44.5 Å². The molecule has 0 aliphatic rings. The molecule has 64 heavy (non-hydrogen) atoms. The van der Waals surface area contributed by atoms with Crippen molar-refractivity contribution in [2.75, 3.05) is 4.90 Å². The van der Waals surface area contributed by atoms with Crippen LogP contribution in [0, 0.1) is 0 Å². The molecule has 10 aromatic carbocycles. The van der Waals surface area contributed by atoms with Crippen LogP contribution in [0.2, 0.25) is 0 Å². The Kier molecular flexibility index (Phi) is 8.18. The number of nitrogens with zero attached hydrogens (tertiary/aromatic N) is 1. The van der Waals surface area contributed by atoms with E-state index in [0.29, 0.717) is 0 Å². The first-order valence-corrected chi connectivity index (χ1v) is 21.7. The van der Waals surface area contributed by atoms with Gasteiger partial charge in [0.25, 0.3) is 0 Å². The molecule has 0 amide bonds. The summed E-state index contributed by atoms with van der Waals surface area (Å²) in [6.07, 6.45) is 0. The predicted octanol–water partition coefficient (Wildman–Crippen LogP) is 17.5. The third-order valence-electron chi connectivity index (χ3n) is 12.7. The van der Waals surface area contributed by atoms with Crippen LogP contribution < -0.4 is 4.90 Å². The standard InChI is InChI=1S/C60H37NO3/c1-3-12-38(13-4-1)40-22-28-43(29-23-40)61(44-30-24-41(25-31-44)39-14-5-2-6-15-39)45-32-26-42(27-33-45)46-34-35-48(50-19-11-18-49-47-16-7-9-20-52(47)63-59(49)50)57-58-55(64-60(46)57)37-36-54-56(58)51-17-8-10-21-53(51)62-54/h1-37H. The summed E-state index contributed by atoms with van der Waals surface area (Å²) in [5, 5.41) is 6.35. The van der Waals surface area contributed by atoms with E-state index in [1.807, 2.05) is 36.4 Å². The van der Waals surface area contributed by atoms with E-state index < -0.39 is 0 Å². The Morgan fingerprint density at radius 2 is 0.703 bits per heavy atom. The second-order valence-electron chi connectivity index (χ2n) is 16.4. The smallest absolute Gasteiger partial charge is 0.143 e. The summed E-state index contributed by atoms with van der Waals surface area (Å²) in [7, 11) is 0. The van der Waals surface area contributed by atoms with E-state index in [-0.39, 0.29) is 0 Å². The maximum atomic E-state index is 7.03. The van der Waals surface area contributed by atoms with Gasteiger partial charge in [0.05, 0.1) is 0 Å². The van der Waals surface area contributed by atoms with Gasteiger partial charge in [-0.15, -0.1) is 0 Å². The van der Waals surface area contributed by atoms with E-state index in [0.717, 1.165) is 105 Å². The molecule has 3 aromatic heterocycles. The van der Waals surface area contributed by atoms with Crippen LogP contribution in [0.1, 0.15) is 0 Å². The largest absolute Gasteiger partial charge is 0.456 e. The van der Waals surface area contributed by atoms with Crippen molar-refractivity contribution in [3.05, 3.63) is 224 Å². The van der Waals surface area contributed by atoms with Gasteiger partial charge in [-0.1, -0.05) is 158 Å². The van der Waals surface area contributed by atoms with E-state index in [2.05, 4.69) is 193 Å². The van der Waals surface area contributed by atoms with Gasteiger partial charge in [0, 0.05) is 60.5 Å². The molecule has 0 bridgehead atoms. The number of benzene rings is 10. The lowest BCUT2D eigenvalue weighted by molar-refractivity contribution is 0.663. The molecule has 0 fully saturated rings. The highest BCUT2D eigenvalue weighted by atomic mass is 16.3. The molecule has 0 N–H and O–H groups in total. The Morgan fingerprint density at radius 1 is 0.234 bits per heavy atom. The summed E-state index contributed by atoms with van der Waals surface area (Å²) in [5.74, 6) is 0. The number of furan rings is 3. The second kappa shape index (κ2) is 14.5. The summed E-state index contributed by atoms with van der Waals surface area (Å²) in [4.78, 5) is 2.32. The minimum Gasteiger partial charge on any atom is -0.456 e. The number of anilines is 3. The number of fused-ring (bicyclic) bond motifs is 10. The van der Waals surface area contributed by atoms with Crippen molar-refractivity contribution in [2.24, 2.45) is 0 Å². The highest BCUT2D eigenvalue weighted by Crippen LogP contribution is 2.48. The highest BCUT2D eigenvalue weighted by Gasteiger charge is 2.24. The maximum Gasteiger partial charge on any atom is 0.143 e. The molecule has 300 valence electrons. The molecule has 0 aliphatic carbocycles. The van der Waals surface area contributed by atoms with Gasteiger partial charge in [0.15, 0.2) is 0 Å². The van der Waals surface area contributed by atoms with Gasteiger partial charge in [0.2, 0.25) is 0 Å². The van der Waals surface area contributed by atoms with Crippen molar-refractivity contribution in [1.82, 2.24) is 0 Å². The van der Waals surface area contributed by atoms with Crippen LogP contribution in [0.5, 0.6) is 0 Å². The summed E-state index contributed by atoms with van der Waals surface area (Å²) >= 11 is 0. The van der Waals surface area contributed by atoms with Crippen LogP contribution in [-0.2, 0) is 0 Å². The minimum atomic E-state index is 0.806. The van der Waals surface area contributed by atoms with Crippen molar-refractivity contribution >= 4 is 82.9 Å². The van der Waals surface area contributed by atoms with Crippen molar-refractivity contribution in [3.63, 3.8) is 0 Å². The summed E-state index contributed by atoms with van der Waals surface area (Å²) in [5.41, 5.74) is 17.0. The fraction of sp³-hybridized carbons (Fsp3) is 0. The molecule has 13 rings (SSSR count). The predicted molar refractivity (Wildman–Crippen MR) is 265 cm³/mol. The number of para-hydroxylation sites is 3. The third-order valence-corrected chi connectivity index (χ3v) is 12.7. The first-order chi connectivity index (χ1) is 31.7. The normalized spacial score (nSPS) is 11.8. The first-order valence-electron chi connectivity index (χ1n) is 21.7. The number of rotatable bonds is 7. The summed E-state index contributed by atoms with van der Waals surface area (Å²) in [6, 6.07) is 79.0. The molecule has 0 unspecified atom stereocenters. The fourth-order valence-electron chi connectivity index (χ4n) is 9.69. The zero-order valence-corrected chi connectivity index (χ0v) is 34.5. The molecule has 4 heteroatoms. The van der Waals surface area contributed by atoms with Gasteiger partial charge in [-0.25, -0.2) is 0 Å². The number of hydrogen-bond acceptors (Lipinski definition) is 4. The van der Waals surface area contributed by atoms with Crippen molar-refractivity contribution < 1.29 is 13.3 Å². The lowest BCUT2D eigenvalue weighted by Gasteiger charge is -2.26. The Morgan fingerprint density at radius 3 is 1.33 bits per heavy atom. The SMILES string of the molecule is c1ccc(-c2ccc(N(c3ccc(-c4ccccc4)cc3)c3ccc(-c4ccc(-c5cccc6c5oc5ccccc56)c5c4oc4ccc6oc7ccccc7c6c45)cc3)cc2)cc1. The highest BCUT2D eigenvalue weighted by molar-refractivity contribution is 6.30. The molecular weight excluding hydrogens is 783 g/mol. The average Bonchev–Trinajstić information content (AvgIpc) is 4.07. The summed E-state index contributed by atoms with van der Waals surface area (Å²) < 4.78 is 20.1. The molecule has 0 saturated carbocycles. The van der Waals surface area contributed by atoms with E-state index in [4.69, 9.17) is 13.3 Å². The summed E-state index contributed by atoms with van der Waals surface area (Å²) in [6.45, 7) is 0. The van der Waals surface area contributed by atoms with Crippen LogP contribution in [0.3, 0.4) is 0 Å². The number of hydrogen-bond donors (Lipinski definition) is 0. The molecule has 3 heterocycles. The molecule has 0 saturated heterocycles. The van der Waals surface area contributed by atoms with Crippen LogP contribution in [0.25, 0.3) is 110 Å². The Bertz CT molecular complexity index is 3780. The third kappa shape index (κ3) is 5.77.